The summed E-state index contributed by atoms with van der Waals surface area (Å²) in [6, 6.07) is 9.23. The maximum Gasteiger partial charge on any atom is 0.295 e. The number of hydrogen-bond acceptors (Lipinski definition) is 8. The van der Waals surface area contributed by atoms with Gasteiger partial charge in [0.15, 0.2) is 11.5 Å². The van der Waals surface area contributed by atoms with Gasteiger partial charge in [0, 0.05) is 19.2 Å². The van der Waals surface area contributed by atoms with Gasteiger partial charge in [-0.05, 0) is 42.9 Å². The van der Waals surface area contributed by atoms with Crippen LogP contribution < -0.4 is 18.9 Å². The standard InChI is InChI=1S/C27H34N2O7/c1-7-28(8-2)13-14-29-24(17-9-12-20(34-4)22(15-17)36-6)23(26(31)27(29)32)25(30)19-11-10-18(33-3)16-21(19)35-5/h9-12,15-16,24,30H,7-8,13-14H2,1-6H3/b25-23+. The summed E-state index contributed by atoms with van der Waals surface area (Å²) in [6.07, 6.45) is 0. The molecule has 1 saturated heterocycles. The van der Waals surface area contributed by atoms with E-state index in [2.05, 4.69) is 4.90 Å². The molecule has 1 amide bonds. The smallest absolute Gasteiger partial charge is 0.295 e. The fraction of sp³-hybridized carbons (Fsp3) is 0.407. The van der Waals surface area contributed by atoms with Gasteiger partial charge in [-0.2, -0.15) is 0 Å². The number of Topliss-reactive ketones (excluding diaryl/α,β-unsaturated/α-hetero) is 1. The Balaban J connectivity index is 2.20. The van der Waals surface area contributed by atoms with Gasteiger partial charge in [0.25, 0.3) is 11.7 Å². The summed E-state index contributed by atoms with van der Waals surface area (Å²) in [7, 11) is 6.03. The average molecular weight is 499 g/mol. The van der Waals surface area contributed by atoms with Crippen LogP contribution >= 0.6 is 0 Å². The van der Waals surface area contributed by atoms with Crippen LogP contribution in [0.2, 0.25) is 0 Å². The van der Waals surface area contributed by atoms with E-state index in [-0.39, 0.29) is 16.9 Å². The Morgan fingerprint density at radius 1 is 0.889 bits per heavy atom. The lowest BCUT2D eigenvalue weighted by Gasteiger charge is -2.28. The van der Waals surface area contributed by atoms with E-state index in [4.69, 9.17) is 18.9 Å². The molecule has 1 heterocycles. The number of benzene rings is 2. The predicted octanol–water partition coefficient (Wildman–Crippen LogP) is 3.48. The number of rotatable bonds is 11. The molecule has 1 fully saturated rings. The third-order valence-corrected chi connectivity index (χ3v) is 6.48. The van der Waals surface area contributed by atoms with Crippen LogP contribution in [0.4, 0.5) is 0 Å². The van der Waals surface area contributed by atoms with Crippen molar-refractivity contribution in [2.45, 2.75) is 19.9 Å². The van der Waals surface area contributed by atoms with Crippen LogP contribution in [0.1, 0.15) is 31.0 Å². The largest absolute Gasteiger partial charge is 0.507 e. The van der Waals surface area contributed by atoms with Gasteiger partial charge in [-0.25, -0.2) is 0 Å². The number of likely N-dealkylation sites (tertiary alicyclic amines) is 1. The molecule has 0 spiro atoms. The molecular formula is C27H34N2O7. The lowest BCUT2D eigenvalue weighted by molar-refractivity contribution is -0.140. The van der Waals surface area contributed by atoms with Gasteiger partial charge in [-0.1, -0.05) is 19.9 Å². The zero-order chi connectivity index (χ0) is 26.4. The minimum Gasteiger partial charge on any atom is -0.507 e. The summed E-state index contributed by atoms with van der Waals surface area (Å²) >= 11 is 0. The van der Waals surface area contributed by atoms with Crippen molar-refractivity contribution in [3.63, 3.8) is 0 Å². The highest BCUT2D eigenvalue weighted by atomic mass is 16.5. The minimum absolute atomic E-state index is 0.0183. The third-order valence-electron chi connectivity index (χ3n) is 6.48. The summed E-state index contributed by atoms with van der Waals surface area (Å²) in [6.45, 7) is 6.59. The van der Waals surface area contributed by atoms with Gasteiger partial charge in [0.1, 0.15) is 17.3 Å². The quantitative estimate of drug-likeness (QED) is 0.286. The van der Waals surface area contributed by atoms with Gasteiger partial charge in [0.2, 0.25) is 0 Å². The van der Waals surface area contributed by atoms with Crippen LogP contribution in [-0.4, -0.2) is 81.2 Å². The molecule has 1 atom stereocenters. The monoisotopic (exact) mass is 498 g/mol. The van der Waals surface area contributed by atoms with Gasteiger partial charge < -0.3 is 33.9 Å². The van der Waals surface area contributed by atoms with Crippen molar-refractivity contribution in [3.05, 3.63) is 53.1 Å². The van der Waals surface area contributed by atoms with Crippen molar-refractivity contribution in [3.8, 4) is 23.0 Å². The zero-order valence-electron chi connectivity index (χ0n) is 21.7. The van der Waals surface area contributed by atoms with Gasteiger partial charge in [0.05, 0.1) is 45.6 Å². The van der Waals surface area contributed by atoms with Crippen molar-refractivity contribution in [2.24, 2.45) is 0 Å². The van der Waals surface area contributed by atoms with E-state index < -0.39 is 17.7 Å². The van der Waals surface area contributed by atoms with E-state index in [1.807, 2.05) is 13.8 Å². The molecule has 1 aliphatic heterocycles. The van der Waals surface area contributed by atoms with E-state index in [1.165, 1.54) is 33.3 Å². The molecule has 0 saturated carbocycles. The number of nitrogens with zero attached hydrogens (tertiary/aromatic N) is 2. The topological polar surface area (TPSA) is 97.8 Å². The fourth-order valence-electron chi connectivity index (χ4n) is 4.41. The highest BCUT2D eigenvalue weighted by Gasteiger charge is 2.46. The van der Waals surface area contributed by atoms with E-state index in [1.54, 1.807) is 36.4 Å². The molecule has 0 aliphatic carbocycles. The lowest BCUT2D eigenvalue weighted by Crippen LogP contribution is -2.38. The van der Waals surface area contributed by atoms with Gasteiger partial charge >= 0.3 is 0 Å². The van der Waals surface area contributed by atoms with Gasteiger partial charge in [-0.3, -0.25) is 9.59 Å². The summed E-state index contributed by atoms with van der Waals surface area (Å²) in [5.74, 6) is 0.0509. The second-order valence-electron chi connectivity index (χ2n) is 8.20. The highest BCUT2D eigenvalue weighted by molar-refractivity contribution is 6.46. The number of likely N-dealkylation sites (N-methyl/N-ethyl adjacent to an activating group) is 1. The highest BCUT2D eigenvalue weighted by Crippen LogP contribution is 2.43. The van der Waals surface area contributed by atoms with Crippen LogP contribution in [0.5, 0.6) is 23.0 Å². The van der Waals surface area contributed by atoms with Crippen molar-refractivity contribution < 1.29 is 33.6 Å². The van der Waals surface area contributed by atoms with Crippen LogP contribution in [-0.2, 0) is 9.59 Å². The molecule has 0 radical (unpaired) electrons. The maximum atomic E-state index is 13.4. The molecule has 1 aliphatic rings. The van der Waals surface area contributed by atoms with Crippen LogP contribution in [0.15, 0.2) is 42.0 Å². The van der Waals surface area contributed by atoms with E-state index in [0.29, 0.717) is 41.7 Å². The van der Waals surface area contributed by atoms with Crippen LogP contribution in [0.3, 0.4) is 0 Å². The first kappa shape index (κ1) is 26.9. The van der Waals surface area contributed by atoms with Crippen molar-refractivity contribution in [1.82, 2.24) is 9.80 Å². The number of aliphatic hydroxyl groups is 1. The molecule has 3 rings (SSSR count). The fourth-order valence-corrected chi connectivity index (χ4v) is 4.41. The molecule has 0 aromatic heterocycles. The molecule has 2 aromatic rings. The summed E-state index contributed by atoms with van der Waals surface area (Å²) in [5, 5.41) is 11.4. The first-order valence-electron chi connectivity index (χ1n) is 11.8. The Labute approximate surface area is 211 Å². The molecule has 1 N–H and O–H groups in total. The summed E-state index contributed by atoms with van der Waals surface area (Å²) in [4.78, 5) is 30.3. The average Bonchev–Trinajstić information content (AvgIpc) is 3.17. The molecular weight excluding hydrogens is 464 g/mol. The molecule has 9 heteroatoms. The number of carbonyl (C=O) groups excluding carboxylic acids is 2. The van der Waals surface area contributed by atoms with Crippen molar-refractivity contribution in [2.75, 3.05) is 54.6 Å². The summed E-state index contributed by atoms with van der Waals surface area (Å²) in [5.41, 5.74) is 0.876. The second kappa shape index (κ2) is 11.8. The predicted molar refractivity (Wildman–Crippen MR) is 136 cm³/mol. The minimum atomic E-state index is -0.827. The van der Waals surface area contributed by atoms with E-state index in [0.717, 1.165) is 13.1 Å². The zero-order valence-corrected chi connectivity index (χ0v) is 21.7. The lowest BCUT2D eigenvalue weighted by atomic mass is 9.94. The molecule has 2 aromatic carbocycles. The van der Waals surface area contributed by atoms with Crippen molar-refractivity contribution in [1.29, 1.82) is 0 Å². The molecule has 9 nitrogen and oxygen atoms in total. The number of ketones is 1. The summed E-state index contributed by atoms with van der Waals surface area (Å²) < 4.78 is 21.5. The normalized spacial score (nSPS) is 17.0. The number of aliphatic hydroxyl groups excluding tert-OH is 1. The van der Waals surface area contributed by atoms with Gasteiger partial charge in [-0.15, -0.1) is 0 Å². The number of ether oxygens (including phenoxy) is 4. The molecule has 194 valence electrons. The first-order valence-corrected chi connectivity index (χ1v) is 11.8. The number of methoxy groups -OCH3 is 4. The second-order valence-corrected chi connectivity index (χ2v) is 8.20. The Kier molecular flexibility index (Phi) is 8.82. The van der Waals surface area contributed by atoms with Crippen molar-refractivity contribution >= 4 is 17.4 Å². The number of hydrogen-bond donors (Lipinski definition) is 1. The SMILES string of the molecule is CCN(CC)CCN1C(=O)C(=O)/C(=C(/O)c2ccc(OC)cc2OC)C1c1ccc(OC)c(OC)c1. The Morgan fingerprint density at radius 3 is 2.14 bits per heavy atom. The Bertz CT molecular complexity index is 1140. The Hall–Kier alpha value is -3.72. The third kappa shape index (κ3) is 5.11. The van der Waals surface area contributed by atoms with E-state index in [9.17, 15) is 14.7 Å². The van der Waals surface area contributed by atoms with Crippen LogP contribution in [0, 0.1) is 0 Å². The number of carbonyl (C=O) groups is 2. The molecule has 1 unspecified atom stereocenters. The number of amides is 1. The molecule has 36 heavy (non-hydrogen) atoms. The van der Waals surface area contributed by atoms with Crippen LogP contribution in [0.25, 0.3) is 5.76 Å². The molecule has 0 bridgehead atoms. The maximum absolute atomic E-state index is 13.4. The first-order chi connectivity index (χ1) is 17.3. The van der Waals surface area contributed by atoms with E-state index >= 15 is 0 Å². The Morgan fingerprint density at radius 2 is 1.56 bits per heavy atom.